The van der Waals surface area contributed by atoms with E-state index < -0.39 is 10.0 Å². The molecule has 0 saturated heterocycles. The molecule has 0 spiro atoms. The predicted octanol–water partition coefficient (Wildman–Crippen LogP) is 2.08. The third kappa shape index (κ3) is 3.24. The number of nitrogen functional groups attached to an aromatic ring is 1. The van der Waals surface area contributed by atoms with Crippen LogP contribution in [0.3, 0.4) is 0 Å². The van der Waals surface area contributed by atoms with Crippen LogP contribution in [0.1, 0.15) is 0 Å². The van der Waals surface area contributed by atoms with Gasteiger partial charge in [-0.1, -0.05) is 23.9 Å². The lowest BCUT2D eigenvalue weighted by atomic mass is 10.3. The molecule has 0 unspecified atom stereocenters. The Bertz CT molecular complexity index is 730. The monoisotopic (exact) mass is 310 g/mol. The number of anilines is 1. The zero-order valence-corrected chi connectivity index (χ0v) is 12.4. The summed E-state index contributed by atoms with van der Waals surface area (Å²) in [5.41, 5.74) is 5.86. The predicted molar refractivity (Wildman–Crippen MR) is 79.3 cm³/mol. The lowest BCUT2D eigenvalue weighted by Crippen LogP contribution is -2.14. The normalized spacial score (nSPS) is 11.3. The minimum absolute atomic E-state index is 0.0677. The van der Waals surface area contributed by atoms with Gasteiger partial charge in [0.25, 0.3) is 0 Å². The molecule has 0 aliphatic carbocycles. The molecule has 2 rings (SSSR count). The molecule has 0 saturated carbocycles. The molecule has 0 aromatic heterocycles. The van der Waals surface area contributed by atoms with E-state index >= 15 is 0 Å². The Balaban J connectivity index is 2.34. The Kier molecular flexibility index (Phi) is 4.22. The van der Waals surface area contributed by atoms with Crippen molar-refractivity contribution >= 4 is 27.5 Å². The van der Waals surface area contributed by atoms with Crippen molar-refractivity contribution in [3.8, 4) is 5.75 Å². The summed E-state index contributed by atoms with van der Waals surface area (Å²) in [6.45, 7) is 0. The average molecular weight is 310 g/mol. The summed E-state index contributed by atoms with van der Waals surface area (Å²) in [7, 11) is -2.20. The Hall–Kier alpha value is -1.70. The SMILES string of the molecule is COc1ccccc1Sc1ccc(S(N)(=O)=O)c(N)c1. The number of hydrogen-bond donors (Lipinski definition) is 2. The first-order valence-electron chi connectivity index (χ1n) is 5.65. The number of benzene rings is 2. The second-order valence-electron chi connectivity index (χ2n) is 4.00. The van der Waals surface area contributed by atoms with Crippen LogP contribution < -0.4 is 15.6 Å². The van der Waals surface area contributed by atoms with Gasteiger partial charge in [0, 0.05) is 4.90 Å². The lowest BCUT2D eigenvalue weighted by Gasteiger charge is -2.09. The number of nitrogens with two attached hydrogens (primary N) is 2. The van der Waals surface area contributed by atoms with Crippen molar-refractivity contribution < 1.29 is 13.2 Å². The van der Waals surface area contributed by atoms with Crippen LogP contribution in [0, 0.1) is 0 Å². The van der Waals surface area contributed by atoms with Crippen LogP contribution in [-0.2, 0) is 10.0 Å². The minimum Gasteiger partial charge on any atom is -0.496 e. The second-order valence-corrected chi connectivity index (χ2v) is 6.64. The Labute approximate surface area is 122 Å². The number of sulfonamides is 1. The van der Waals surface area contributed by atoms with Crippen LogP contribution in [0.25, 0.3) is 0 Å². The van der Waals surface area contributed by atoms with Crippen LogP contribution in [0.4, 0.5) is 5.69 Å². The highest BCUT2D eigenvalue weighted by Crippen LogP contribution is 2.36. The highest BCUT2D eigenvalue weighted by Gasteiger charge is 2.13. The molecule has 0 aliphatic heterocycles. The quantitative estimate of drug-likeness (QED) is 0.843. The molecular formula is C13H14N2O3S2. The first kappa shape index (κ1) is 14.7. The van der Waals surface area contributed by atoms with E-state index in [-0.39, 0.29) is 10.6 Å². The van der Waals surface area contributed by atoms with Gasteiger partial charge in [-0.05, 0) is 30.3 Å². The highest BCUT2D eigenvalue weighted by atomic mass is 32.2. The lowest BCUT2D eigenvalue weighted by molar-refractivity contribution is 0.405. The van der Waals surface area contributed by atoms with Gasteiger partial charge < -0.3 is 10.5 Å². The summed E-state index contributed by atoms with van der Waals surface area (Å²) in [5, 5.41) is 5.07. The van der Waals surface area contributed by atoms with E-state index in [1.54, 1.807) is 19.2 Å². The van der Waals surface area contributed by atoms with E-state index in [1.165, 1.54) is 17.8 Å². The van der Waals surface area contributed by atoms with Crippen molar-refractivity contribution in [1.29, 1.82) is 0 Å². The second kappa shape index (κ2) is 5.74. The van der Waals surface area contributed by atoms with Crippen molar-refractivity contribution in [3.05, 3.63) is 42.5 Å². The van der Waals surface area contributed by atoms with Crippen molar-refractivity contribution in [3.63, 3.8) is 0 Å². The largest absolute Gasteiger partial charge is 0.496 e. The van der Waals surface area contributed by atoms with Crippen molar-refractivity contribution in [2.24, 2.45) is 5.14 Å². The van der Waals surface area contributed by atoms with E-state index in [0.29, 0.717) is 0 Å². The maximum Gasteiger partial charge on any atom is 0.240 e. The van der Waals surface area contributed by atoms with Gasteiger partial charge in [-0.15, -0.1) is 0 Å². The number of rotatable bonds is 4. The number of hydrogen-bond acceptors (Lipinski definition) is 5. The van der Waals surface area contributed by atoms with Gasteiger partial charge in [-0.2, -0.15) is 0 Å². The number of ether oxygens (including phenoxy) is 1. The van der Waals surface area contributed by atoms with Crippen LogP contribution in [0.5, 0.6) is 5.75 Å². The van der Waals surface area contributed by atoms with Gasteiger partial charge >= 0.3 is 0 Å². The van der Waals surface area contributed by atoms with E-state index in [2.05, 4.69) is 0 Å². The van der Waals surface area contributed by atoms with Gasteiger partial charge in [0.1, 0.15) is 10.6 Å². The van der Waals surface area contributed by atoms with Gasteiger partial charge in [0.05, 0.1) is 17.7 Å². The van der Waals surface area contributed by atoms with Gasteiger partial charge in [0.2, 0.25) is 10.0 Å². The maximum atomic E-state index is 11.3. The molecule has 0 atom stereocenters. The summed E-state index contributed by atoms with van der Waals surface area (Å²) in [5.74, 6) is 0.742. The van der Waals surface area contributed by atoms with Crippen LogP contribution in [0.15, 0.2) is 57.2 Å². The number of primary sulfonamides is 1. The fraction of sp³-hybridized carbons (Fsp3) is 0.0769. The molecule has 0 aliphatic rings. The number of methoxy groups -OCH3 is 1. The Morgan fingerprint density at radius 2 is 1.85 bits per heavy atom. The fourth-order valence-electron chi connectivity index (χ4n) is 1.68. The van der Waals surface area contributed by atoms with Crippen molar-refractivity contribution in [2.45, 2.75) is 14.7 Å². The standard InChI is InChI=1S/C13H14N2O3S2/c1-18-11-4-2-3-5-12(11)19-9-6-7-13(10(14)8-9)20(15,16)17/h2-8H,14H2,1H3,(H2,15,16,17). The minimum atomic E-state index is -3.79. The van der Waals surface area contributed by atoms with E-state index in [4.69, 9.17) is 15.6 Å². The number of para-hydroxylation sites is 1. The zero-order valence-electron chi connectivity index (χ0n) is 10.7. The van der Waals surface area contributed by atoms with Gasteiger partial charge in [0.15, 0.2) is 0 Å². The first-order chi connectivity index (χ1) is 9.41. The van der Waals surface area contributed by atoms with Crippen LogP contribution >= 0.6 is 11.8 Å². The molecule has 0 amide bonds. The van der Waals surface area contributed by atoms with Crippen molar-refractivity contribution in [1.82, 2.24) is 0 Å². The highest BCUT2D eigenvalue weighted by molar-refractivity contribution is 7.99. The Morgan fingerprint density at radius 3 is 2.45 bits per heavy atom. The molecule has 0 radical (unpaired) electrons. The molecular weight excluding hydrogens is 296 g/mol. The van der Waals surface area contributed by atoms with Gasteiger partial charge in [-0.3, -0.25) is 0 Å². The zero-order chi connectivity index (χ0) is 14.8. The molecule has 4 N–H and O–H groups in total. The molecule has 20 heavy (non-hydrogen) atoms. The molecule has 0 heterocycles. The van der Waals surface area contributed by atoms with E-state index in [9.17, 15) is 8.42 Å². The molecule has 5 nitrogen and oxygen atoms in total. The summed E-state index contributed by atoms with van der Waals surface area (Å²) in [6.07, 6.45) is 0. The maximum absolute atomic E-state index is 11.3. The summed E-state index contributed by atoms with van der Waals surface area (Å²) in [4.78, 5) is 1.65. The Morgan fingerprint density at radius 1 is 1.15 bits per heavy atom. The molecule has 0 fully saturated rings. The average Bonchev–Trinajstić information content (AvgIpc) is 2.38. The first-order valence-corrected chi connectivity index (χ1v) is 8.01. The summed E-state index contributed by atoms with van der Waals surface area (Å²) >= 11 is 1.43. The molecule has 0 bridgehead atoms. The third-order valence-corrected chi connectivity index (χ3v) is 4.62. The van der Waals surface area contributed by atoms with E-state index in [0.717, 1.165) is 15.5 Å². The third-order valence-electron chi connectivity index (χ3n) is 2.58. The van der Waals surface area contributed by atoms with Crippen LogP contribution in [-0.4, -0.2) is 15.5 Å². The van der Waals surface area contributed by atoms with Crippen LogP contribution in [0.2, 0.25) is 0 Å². The van der Waals surface area contributed by atoms with Crippen molar-refractivity contribution in [2.75, 3.05) is 12.8 Å². The molecule has 106 valence electrons. The van der Waals surface area contributed by atoms with E-state index in [1.807, 2.05) is 24.3 Å². The summed E-state index contributed by atoms with van der Waals surface area (Å²) in [6, 6.07) is 12.2. The summed E-state index contributed by atoms with van der Waals surface area (Å²) < 4.78 is 27.8. The van der Waals surface area contributed by atoms with Gasteiger partial charge in [-0.25, -0.2) is 13.6 Å². The smallest absolute Gasteiger partial charge is 0.240 e. The fourth-order valence-corrected chi connectivity index (χ4v) is 3.30. The molecule has 2 aromatic carbocycles. The topological polar surface area (TPSA) is 95.4 Å². The molecule has 2 aromatic rings. The molecule has 7 heteroatoms.